The van der Waals surface area contributed by atoms with Crippen LogP contribution in [0.1, 0.15) is 36.2 Å². The van der Waals surface area contributed by atoms with Gasteiger partial charge in [0.15, 0.2) is 22.6 Å². The Balaban J connectivity index is 1.91. The van der Waals surface area contributed by atoms with Crippen LogP contribution in [-0.2, 0) is 0 Å². The van der Waals surface area contributed by atoms with Crippen molar-refractivity contribution in [3.8, 4) is 16.9 Å². The molecule has 0 amide bonds. The highest BCUT2D eigenvalue weighted by Crippen LogP contribution is 2.44. The van der Waals surface area contributed by atoms with Gasteiger partial charge in [0.1, 0.15) is 12.1 Å². The summed E-state index contributed by atoms with van der Waals surface area (Å²) in [5.41, 5.74) is 1.02. The van der Waals surface area contributed by atoms with Crippen LogP contribution in [0, 0.1) is 5.82 Å². The highest BCUT2D eigenvalue weighted by atomic mass is 35.5. The highest BCUT2D eigenvalue weighted by molar-refractivity contribution is 6.33. The van der Waals surface area contributed by atoms with Crippen LogP contribution in [0.3, 0.4) is 0 Å². The Bertz CT molecular complexity index is 1420. The Kier molecular flexibility index (Phi) is 4.14. The zero-order valence-electron chi connectivity index (χ0n) is 16.1. The van der Waals surface area contributed by atoms with E-state index in [0.717, 1.165) is 12.8 Å². The van der Waals surface area contributed by atoms with Gasteiger partial charge in [-0.2, -0.15) is 5.10 Å². The summed E-state index contributed by atoms with van der Waals surface area (Å²) in [6.45, 7) is 1.33. The maximum absolute atomic E-state index is 15.4. The first-order chi connectivity index (χ1) is 14.4. The monoisotopic (exact) mass is 426 g/mol. The summed E-state index contributed by atoms with van der Waals surface area (Å²) in [5.74, 6) is -0.808. The van der Waals surface area contributed by atoms with E-state index in [0.29, 0.717) is 21.7 Å². The Labute approximate surface area is 174 Å². The summed E-state index contributed by atoms with van der Waals surface area (Å²) in [6.07, 6.45) is 6.32. The molecule has 9 heteroatoms. The summed E-state index contributed by atoms with van der Waals surface area (Å²) in [4.78, 5) is 29.0. The number of hydrogen-bond acceptors (Lipinski definition) is 5. The molecule has 5 rings (SSSR count). The van der Waals surface area contributed by atoms with Crippen LogP contribution in [-0.4, -0.2) is 32.1 Å². The van der Waals surface area contributed by atoms with E-state index in [1.807, 2.05) is 4.57 Å². The van der Waals surface area contributed by atoms with Gasteiger partial charge < -0.3 is 9.30 Å². The summed E-state index contributed by atoms with van der Waals surface area (Å²) < 4.78 is 24.3. The molecule has 0 radical (unpaired) electrons. The third kappa shape index (κ3) is 2.71. The molecule has 7 nitrogen and oxygen atoms in total. The summed E-state index contributed by atoms with van der Waals surface area (Å²) in [5, 5.41) is 4.49. The maximum Gasteiger partial charge on any atom is 0.200 e. The van der Waals surface area contributed by atoms with E-state index >= 15 is 4.39 Å². The van der Waals surface area contributed by atoms with Crippen molar-refractivity contribution in [2.24, 2.45) is 0 Å². The molecule has 0 N–H and O–H groups in total. The first-order valence-corrected chi connectivity index (χ1v) is 9.74. The first kappa shape index (κ1) is 18.7. The summed E-state index contributed by atoms with van der Waals surface area (Å²) in [7, 11) is 1.42. The molecule has 4 aromatic rings. The van der Waals surface area contributed by atoms with E-state index in [-0.39, 0.29) is 34.1 Å². The molecule has 1 saturated carbocycles. The van der Waals surface area contributed by atoms with Crippen LogP contribution >= 0.6 is 11.6 Å². The molecule has 1 fully saturated rings. The van der Waals surface area contributed by atoms with Gasteiger partial charge >= 0.3 is 0 Å². The van der Waals surface area contributed by atoms with Gasteiger partial charge in [-0.25, -0.2) is 13.9 Å². The standard InChI is InChI=1S/C21H16ClFN4O3/c1-10(28)14-8-26(12-3-4-12)18-13(19(14)29)6-16(23)17(20(18)30-2)11-5-15(22)21-24-9-25-27(21)7-11/h5-9,12H,3-4H2,1-2H3. The molecule has 30 heavy (non-hydrogen) atoms. The van der Waals surface area contributed by atoms with Crippen LogP contribution in [0.15, 0.2) is 35.6 Å². The van der Waals surface area contributed by atoms with Gasteiger partial charge in [-0.3, -0.25) is 9.59 Å². The molecular formula is C21H16ClFN4O3. The molecule has 3 aromatic heterocycles. The first-order valence-electron chi connectivity index (χ1n) is 9.36. The Hall–Kier alpha value is -3.26. The van der Waals surface area contributed by atoms with Gasteiger partial charge in [0.05, 0.1) is 34.2 Å². The van der Waals surface area contributed by atoms with Crippen molar-refractivity contribution in [2.45, 2.75) is 25.8 Å². The van der Waals surface area contributed by atoms with E-state index in [2.05, 4.69) is 10.1 Å². The van der Waals surface area contributed by atoms with Crippen LogP contribution < -0.4 is 10.2 Å². The molecule has 0 saturated heterocycles. The molecule has 1 aliphatic rings. The number of nitrogens with zero attached hydrogens (tertiary/aromatic N) is 4. The van der Waals surface area contributed by atoms with Crippen molar-refractivity contribution in [3.05, 3.63) is 57.5 Å². The largest absolute Gasteiger partial charge is 0.494 e. The van der Waals surface area contributed by atoms with Crippen LogP contribution in [0.25, 0.3) is 27.7 Å². The third-order valence-electron chi connectivity index (χ3n) is 5.37. The van der Waals surface area contributed by atoms with Crippen LogP contribution in [0.4, 0.5) is 4.39 Å². The van der Waals surface area contributed by atoms with E-state index < -0.39 is 11.2 Å². The number of aromatic nitrogens is 4. The van der Waals surface area contributed by atoms with Gasteiger partial charge in [-0.1, -0.05) is 11.6 Å². The number of ketones is 1. The number of rotatable bonds is 4. The number of carbonyl (C=O) groups excluding carboxylic acids is 1. The average Bonchev–Trinajstić information content (AvgIpc) is 3.44. The number of pyridine rings is 2. The van der Waals surface area contributed by atoms with Crippen molar-refractivity contribution in [3.63, 3.8) is 0 Å². The Morgan fingerprint density at radius 3 is 2.73 bits per heavy atom. The lowest BCUT2D eigenvalue weighted by atomic mass is 10.0. The van der Waals surface area contributed by atoms with Gasteiger partial charge in [-0.15, -0.1) is 0 Å². The fourth-order valence-electron chi connectivity index (χ4n) is 3.83. The Morgan fingerprint density at radius 1 is 1.30 bits per heavy atom. The number of hydrogen-bond donors (Lipinski definition) is 0. The minimum absolute atomic E-state index is 0.0377. The smallest absolute Gasteiger partial charge is 0.200 e. The van der Waals surface area contributed by atoms with Crippen LogP contribution in [0.2, 0.25) is 5.02 Å². The lowest BCUT2D eigenvalue weighted by Crippen LogP contribution is -2.18. The predicted octanol–water partition coefficient (Wildman–Crippen LogP) is 4.05. The van der Waals surface area contributed by atoms with E-state index in [9.17, 15) is 9.59 Å². The zero-order chi connectivity index (χ0) is 21.2. The number of halogens is 2. The minimum Gasteiger partial charge on any atom is -0.494 e. The van der Waals surface area contributed by atoms with E-state index in [1.54, 1.807) is 18.5 Å². The van der Waals surface area contributed by atoms with Crippen LogP contribution in [0.5, 0.6) is 5.75 Å². The molecule has 0 aliphatic heterocycles. The van der Waals surface area contributed by atoms with Crippen molar-refractivity contribution in [2.75, 3.05) is 7.11 Å². The molecule has 1 aliphatic carbocycles. The number of ether oxygens (including phenoxy) is 1. The number of fused-ring (bicyclic) bond motifs is 2. The second-order valence-electron chi connectivity index (χ2n) is 7.33. The Morgan fingerprint density at radius 2 is 2.07 bits per heavy atom. The summed E-state index contributed by atoms with van der Waals surface area (Å²) >= 11 is 6.31. The molecule has 0 spiro atoms. The van der Waals surface area contributed by atoms with Gasteiger partial charge in [-0.05, 0) is 31.9 Å². The van der Waals surface area contributed by atoms with Crippen molar-refractivity contribution < 1.29 is 13.9 Å². The third-order valence-corrected chi connectivity index (χ3v) is 5.64. The quantitative estimate of drug-likeness (QED) is 0.460. The number of carbonyl (C=O) groups is 1. The molecule has 0 unspecified atom stereocenters. The van der Waals surface area contributed by atoms with E-state index in [1.165, 1.54) is 30.9 Å². The minimum atomic E-state index is -0.657. The fraction of sp³-hybridized carbons (Fsp3) is 0.238. The molecule has 1 aromatic carbocycles. The van der Waals surface area contributed by atoms with Crippen molar-refractivity contribution >= 4 is 33.9 Å². The predicted molar refractivity (Wildman–Crippen MR) is 110 cm³/mol. The molecule has 0 bridgehead atoms. The second kappa shape index (κ2) is 6.63. The molecule has 0 atom stereocenters. The highest BCUT2D eigenvalue weighted by Gasteiger charge is 2.30. The zero-order valence-corrected chi connectivity index (χ0v) is 16.9. The molecule has 3 heterocycles. The SMILES string of the molecule is COc1c(-c2cc(Cl)c3ncnn3c2)c(F)cc2c(=O)c(C(C)=O)cn(C3CC3)c12. The number of Topliss-reactive ketones (excluding diaryl/α,β-unsaturated/α-hetero) is 1. The van der Waals surface area contributed by atoms with E-state index in [4.69, 9.17) is 16.3 Å². The van der Waals surface area contributed by atoms with Crippen molar-refractivity contribution in [1.29, 1.82) is 0 Å². The fourth-order valence-corrected chi connectivity index (χ4v) is 4.09. The average molecular weight is 427 g/mol. The second-order valence-corrected chi connectivity index (χ2v) is 7.74. The topological polar surface area (TPSA) is 78.5 Å². The molecular weight excluding hydrogens is 411 g/mol. The normalized spacial score (nSPS) is 13.9. The summed E-state index contributed by atoms with van der Waals surface area (Å²) in [6, 6.07) is 2.88. The number of benzene rings is 1. The lowest BCUT2D eigenvalue weighted by molar-refractivity contribution is 0.101. The van der Waals surface area contributed by atoms with Gasteiger partial charge in [0.2, 0.25) is 0 Å². The lowest BCUT2D eigenvalue weighted by Gasteiger charge is -2.18. The van der Waals surface area contributed by atoms with Gasteiger partial charge in [0, 0.05) is 24.0 Å². The van der Waals surface area contributed by atoms with Crippen molar-refractivity contribution in [1.82, 2.24) is 19.2 Å². The maximum atomic E-state index is 15.4. The number of methoxy groups -OCH3 is 1. The molecule has 152 valence electrons. The van der Waals surface area contributed by atoms with Gasteiger partial charge in [0.25, 0.3) is 0 Å².